The summed E-state index contributed by atoms with van der Waals surface area (Å²) < 4.78 is 32.8. The van der Waals surface area contributed by atoms with Crippen LogP contribution in [0.1, 0.15) is 31.9 Å². The first-order chi connectivity index (χ1) is 19.9. The molecule has 2 amide bonds. The van der Waals surface area contributed by atoms with Crippen molar-refractivity contribution in [2.45, 2.75) is 39.8 Å². The Morgan fingerprint density at radius 1 is 0.929 bits per heavy atom. The van der Waals surface area contributed by atoms with Crippen LogP contribution in [0.4, 0.5) is 5.69 Å². The van der Waals surface area contributed by atoms with Gasteiger partial charge in [0, 0.05) is 19.5 Å². The lowest BCUT2D eigenvalue weighted by Crippen LogP contribution is -2.53. The summed E-state index contributed by atoms with van der Waals surface area (Å²) in [5, 5.41) is 3.60. The van der Waals surface area contributed by atoms with Crippen molar-refractivity contribution < 1.29 is 22.7 Å². The van der Waals surface area contributed by atoms with Gasteiger partial charge in [-0.3, -0.25) is 13.9 Å². The van der Waals surface area contributed by atoms with Crippen molar-refractivity contribution in [2.75, 3.05) is 30.3 Å². The van der Waals surface area contributed by atoms with E-state index in [0.717, 1.165) is 16.1 Å². The van der Waals surface area contributed by atoms with Crippen molar-refractivity contribution in [2.24, 2.45) is 5.92 Å². The number of carbonyl (C=O) groups is 2. The maximum Gasteiger partial charge on any atom is 0.244 e. The number of nitrogens with one attached hydrogen (secondary N) is 1. The van der Waals surface area contributed by atoms with Crippen LogP contribution in [0.15, 0.2) is 72.8 Å². The van der Waals surface area contributed by atoms with Gasteiger partial charge in [0.2, 0.25) is 21.8 Å². The Labute approximate surface area is 258 Å². The average molecular weight is 635 g/mol. The van der Waals surface area contributed by atoms with Crippen molar-refractivity contribution in [3.8, 4) is 5.75 Å². The second-order valence-electron chi connectivity index (χ2n) is 10.3. The van der Waals surface area contributed by atoms with Crippen molar-refractivity contribution in [3.63, 3.8) is 0 Å². The molecule has 226 valence electrons. The van der Waals surface area contributed by atoms with Crippen molar-refractivity contribution in [1.29, 1.82) is 0 Å². The summed E-state index contributed by atoms with van der Waals surface area (Å²) in [6, 6.07) is 20.0. The predicted octanol–water partition coefficient (Wildman–Crippen LogP) is 5.57. The number of para-hydroxylation sites is 2. The third-order valence-corrected chi connectivity index (χ3v) is 8.27. The maximum atomic E-state index is 14.2. The van der Waals surface area contributed by atoms with Crippen molar-refractivity contribution in [3.05, 3.63) is 94.0 Å². The molecule has 0 saturated carbocycles. The summed E-state index contributed by atoms with van der Waals surface area (Å²) in [4.78, 5) is 29.3. The first-order valence-corrected chi connectivity index (χ1v) is 16.3. The van der Waals surface area contributed by atoms with Gasteiger partial charge >= 0.3 is 0 Å². The molecule has 0 heterocycles. The van der Waals surface area contributed by atoms with Crippen LogP contribution in [0.3, 0.4) is 0 Å². The summed E-state index contributed by atoms with van der Waals surface area (Å²) in [6.07, 6.45) is 1.25. The van der Waals surface area contributed by atoms with Gasteiger partial charge in [0.15, 0.2) is 0 Å². The van der Waals surface area contributed by atoms with E-state index in [1.807, 2.05) is 44.2 Å². The molecule has 0 unspecified atom stereocenters. The lowest BCUT2D eigenvalue weighted by molar-refractivity contribution is -0.140. The van der Waals surface area contributed by atoms with Gasteiger partial charge in [0.25, 0.3) is 0 Å². The summed E-state index contributed by atoms with van der Waals surface area (Å²) in [7, 11) is -3.93. The Morgan fingerprint density at radius 2 is 1.60 bits per heavy atom. The monoisotopic (exact) mass is 633 g/mol. The molecule has 1 atom stereocenters. The molecule has 0 aliphatic rings. The minimum Gasteiger partial charge on any atom is -0.492 e. The fraction of sp³-hybridized carbons (Fsp3) is 0.355. The van der Waals surface area contributed by atoms with E-state index in [-0.39, 0.29) is 30.5 Å². The highest BCUT2D eigenvalue weighted by atomic mass is 35.5. The first kappa shape index (κ1) is 33.2. The molecule has 0 fully saturated rings. The van der Waals surface area contributed by atoms with Crippen LogP contribution in [0.2, 0.25) is 10.0 Å². The Morgan fingerprint density at radius 3 is 2.21 bits per heavy atom. The number of sulfonamides is 1. The van der Waals surface area contributed by atoms with Crippen LogP contribution >= 0.6 is 23.2 Å². The quantitative estimate of drug-likeness (QED) is 0.250. The molecule has 0 bridgehead atoms. The Kier molecular flexibility index (Phi) is 12.1. The van der Waals surface area contributed by atoms with Gasteiger partial charge in [-0.15, -0.1) is 0 Å². The van der Waals surface area contributed by atoms with Gasteiger partial charge in [0.05, 0.1) is 28.6 Å². The van der Waals surface area contributed by atoms with Crippen LogP contribution < -0.4 is 14.4 Å². The topological polar surface area (TPSA) is 96.0 Å². The average Bonchev–Trinajstić information content (AvgIpc) is 2.94. The smallest absolute Gasteiger partial charge is 0.244 e. The molecule has 0 aliphatic carbocycles. The molecule has 0 aliphatic heterocycles. The number of hydrogen-bond acceptors (Lipinski definition) is 5. The Balaban J connectivity index is 2.09. The van der Waals surface area contributed by atoms with E-state index < -0.39 is 28.5 Å². The number of amides is 2. The second-order valence-corrected chi connectivity index (χ2v) is 13.0. The highest BCUT2D eigenvalue weighted by molar-refractivity contribution is 7.92. The summed E-state index contributed by atoms with van der Waals surface area (Å²) >= 11 is 12.4. The van der Waals surface area contributed by atoms with E-state index in [4.69, 9.17) is 27.9 Å². The van der Waals surface area contributed by atoms with Crippen molar-refractivity contribution >= 4 is 50.7 Å². The maximum absolute atomic E-state index is 14.2. The predicted molar refractivity (Wildman–Crippen MR) is 169 cm³/mol. The highest BCUT2D eigenvalue weighted by Crippen LogP contribution is 2.30. The fourth-order valence-electron chi connectivity index (χ4n) is 4.35. The molecule has 3 rings (SSSR count). The van der Waals surface area contributed by atoms with Crippen molar-refractivity contribution in [1.82, 2.24) is 10.2 Å². The zero-order valence-corrected chi connectivity index (χ0v) is 26.5. The zero-order valence-electron chi connectivity index (χ0n) is 24.2. The van der Waals surface area contributed by atoms with Gasteiger partial charge in [0.1, 0.15) is 18.3 Å². The van der Waals surface area contributed by atoms with Crippen LogP contribution in [0.5, 0.6) is 5.75 Å². The van der Waals surface area contributed by atoms with Crippen LogP contribution in [0, 0.1) is 5.92 Å². The number of halogens is 2. The molecule has 42 heavy (non-hydrogen) atoms. The molecule has 0 aromatic heterocycles. The standard InChI is InChI=1S/C31H37Cl2N3O5S/c1-5-41-29-14-10-9-13-27(29)36(42(4,39)40)21-30(37)35(20-24-15-16-25(32)26(33)17-24)28(31(38)34-19-22(2)3)18-23-11-7-6-8-12-23/h6-17,22,28H,5,18-21H2,1-4H3,(H,34,38)/t28-/m1/s1. The fourth-order valence-corrected chi connectivity index (χ4v) is 5.52. The minimum atomic E-state index is -3.93. The van der Waals surface area contributed by atoms with Gasteiger partial charge in [-0.2, -0.15) is 0 Å². The minimum absolute atomic E-state index is 0.00691. The molecule has 3 aromatic rings. The van der Waals surface area contributed by atoms with E-state index in [1.165, 1.54) is 4.90 Å². The molecule has 0 spiro atoms. The van der Waals surface area contributed by atoms with Gasteiger partial charge < -0.3 is 15.0 Å². The molecule has 11 heteroatoms. The van der Waals surface area contributed by atoms with E-state index in [9.17, 15) is 18.0 Å². The first-order valence-electron chi connectivity index (χ1n) is 13.6. The molecular formula is C31H37Cl2N3O5S. The van der Waals surface area contributed by atoms with E-state index in [0.29, 0.717) is 34.5 Å². The van der Waals surface area contributed by atoms with Gasteiger partial charge in [-0.1, -0.05) is 85.6 Å². The summed E-state index contributed by atoms with van der Waals surface area (Å²) in [5.41, 5.74) is 1.71. The largest absolute Gasteiger partial charge is 0.492 e. The number of benzene rings is 3. The van der Waals surface area contributed by atoms with Crippen LogP contribution in [-0.2, 0) is 32.6 Å². The molecule has 0 saturated heterocycles. The Bertz CT molecular complexity index is 1470. The van der Waals surface area contributed by atoms with Crippen LogP contribution in [-0.4, -0.2) is 57.1 Å². The molecule has 8 nitrogen and oxygen atoms in total. The SMILES string of the molecule is CCOc1ccccc1N(CC(=O)N(Cc1ccc(Cl)c(Cl)c1)[C@H](Cc1ccccc1)C(=O)NCC(C)C)S(C)(=O)=O. The second kappa shape index (κ2) is 15.3. The lowest BCUT2D eigenvalue weighted by atomic mass is 10.0. The molecule has 3 aromatic carbocycles. The zero-order chi connectivity index (χ0) is 30.9. The lowest BCUT2D eigenvalue weighted by Gasteiger charge is -2.34. The number of anilines is 1. The molecular weight excluding hydrogens is 597 g/mol. The van der Waals surface area contributed by atoms with Gasteiger partial charge in [-0.05, 0) is 48.2 Å². The third-order valence-electron chi connectivity index (χ3n) is 6.41. The molecule has 1 N–H and O–H groups in total. The van der Waals surface area contributed by atoms with E-state index in [1.54, 1.807) is 49.4 Å². The highest BCUT2D eigenvalue weighted by Gasteiger charge is 2.33. The van der Waals surface area contributed by atoms with E-state index in [2.05, 4.69) is 5.32 Å². The summed E-state index contributed by atoms with van der Waals surface area (Å²) in [6.45, 7) is 5.91. The number of nitrogens with zero attached hydrogens (tertiary/aromatic N) is 2. The summed E-state index contributed by atoms with van der Waals surface area (Å²) in [5.74, 6) is -0.411. The third kappa shape index (κ3) is 9.37. The number of carbonyl (C=O) groups excluding carboxylic acids is 2. The normalized spacial score (nSPS) is 12.1. The molecule has 0 radical (unpaired) electrons. The Hall–Kier alpha value is -3.27. The van der Waals surface area contributed by atoms with Gasteiger partial charge in [-0.25, -0.2) is 8.42 Å². The number of hydrogen-bond donors (Lipinski definition) is 1. The van der Waals surface area contributed by atoms with E-state index >= 15 is 0 Å². The van der Waals surface area contributed by atoms with Crippen LogP contribution in [0.25, 0.3) is 0 Å². The number of rotatable bonds is 14. The number of ether oxygens (including phenoxy) is 1.